The Labute approximate surface area is 213 Å². The molecular weight excluding hydrogens is 441 g/mol. The molecule has 2 rings (SSSR count). The minimum atomic E-state index is -1.77. The number of hydrogen-bond donors (Lipinski definition) is 0. The first-order valence-corrected chi connectivity index (χ1v) is 17.9. The third kappa shape index (κ3) is 5.25. The molecule has 0 atom stereocenters. The third-order valence-electron chi connectivity index (χ3n) is 8.48. The highest BCUT2D eigenvalue weighted by Gasteiger charge is 2.42. The zero-order chi connectivity index (χ0) is 25.8. The summed E-state index contributed by atoms with van der Waals surface area (Å²) in [6.07, 6.45) is 0. The lowest BCUT2D eigenvalue weighted by molar-refractivity contribution is 0.838. The van der Waals surface area contributed by atoms with Crippen molar-refractivity contribution in [3.63, 3.8) is 0 Å². The summed E-state index contributed by atoms with van der Waals surface area (Å²) in [7, 11) is -3.55. The van der Waals surface area contributed by atoms with E-state index in [4.69, 9.17) is 0 Å². The third-order valence-corrected chi connectivity index (χ3v) is 21.1. The number of hydrogen-bond acceptors (Lipinski definition) is 0. The Morgan fingerprint density at radius 3 is 0.941 bits per heavy atom. The van der Waals surface area contributed by atoms with Crippen LogP contribution < -0.4 is 0 Å². The second-order valence-corrected chi connectivity index (χ2v) is 23.2. The van der Waals surface area contributed by atoms with Gasteiger partial charge in [0.05, 0.1) is 0 Å². The van der Waals surface area contributed by atoms with E-state index in [0.717, 1.165) is 11.1 Å². The standard InChI is InChI=1S/C32H48Si2/c1-23(2)33(24(3)4,25(5)6)21-19-29-17-18-30(32-16-14-13-15-31(29)32)20-22-34(26(7)8,27(9)10)28(11)12/h13-18,23-28H,1-12H3. The molecule has 0 aliphatic heterocycles. The molecule has 2 aromatic rings. The highest BCUT2D eigenvalue weighted by atomic mass is 28.3. The molecule has 0 radical (unpaired) electrons. The lowest BCUT2D eigenvalue weighted by Gasteiger charge is -2.38. The van der Waals surface area contributed by atoms with Crippen molar-refractivity contribution in [2.75, 3.05) is 0 Å². The predicted octanol–water partition coefficient (Wildman–Crippen LogP) is 9.98. The molecule has 2 heteroatoms. The smallest absolute Gasteiger partial charge is 0.125 e. The van der Waals surface area contributed by atoms with Crippen molar-refractivity contribution in [3.05, 3.63) is 47.5 Å². The van der Waals surface area contributed by atoms with Crippen LogP contribution in [0.5, 0.6) is 0 Å². The zero-order valence-electron chi connectivity index (χ0n) is 23.9. The maximum atomic E-state index is 3.92. The molecule has 0 amide bonds. The topological polar surface area (TPSA) is 0 Å². The van der Waals surface area contributed by atoms with Crippen LogP contribution in [-0.2, 0) is 0 Å². The molecule has 2 aromatic carbocycles. The lowest BCUT2D eigenvalue weighted by atomic mass is 10.0. The molecular formula is C32H48Si2. The van der Waals surface area contributed by atoms with Crippen LogP contribution in [0.25, 0.3) is 10.8 Å². The molecule has 34 heavy (non-hydrogen) atoms. The first-order valence-electron chi connectivity index (χ1n) is 13.4. The van der Waals surface area contributed by atoms with Gasteiger partial charge in [-0.15, -0.1) is 11.1 Å². The largest absolute Gasteiger partial charge is 0.146 e. The van der Waals surface area contributed by atoms with E-state index in [0.29, 0.717) is 33.2 Å². The lowest BCUT2D eigenvalue weighted by Crippen LogP contribution is -2.43. The predicted molar refractivity (Wildman–Crippen MR) is 160 cm³/mol. The summed E-state index contributed by atoms with van der Waals surface area (Å²) in [6.45, 7) is 28.6. The fourth-order valence-corrected chi connectivity index (χ4v) is 17.2. The molecule has 0 saturated carbocycles. The molecule has 0 bridgehead atoms. The van der Waals surface area contributed by atoms with Gasteiger partial charge in [-0.1, -0.05) is 119 Å². The maximum absolute atomic E-state index is 3.92. The Morgan fingerprint density at radius 1 is 0.441 bits per heavy atom. The molecule has 0 fully saturated rings. The van der Waals surface area contributed by atoms with E-state index < -0.39 is 16.1 Å². The first-order chi connectivity index (χ1) is 15.8. The minimum absolute atomic E-state index is 0.637. The van der Waals surface area contributed by atoms with Gasteiger partial charge in [0.2, 0.25) is 0 Å². The van der Waals surface area contributed by atoms with E-state index >= 15 is 0 Å². The van der Waals surface area contributed by atoms with Crippen molar-refractivity contribution in [3.8, 4) is 22.9 Å². The SMILES string of the molecule is CC(C)[Si](C#Cc1ccc(C#C[Si](C(C)C)(C(C)C)C(C)C)c2ccccc12)(C(C)C)C(C)C. The van der Waals surface area contributed by atoms with Crippen molar-refractivity contribution in [2.24, 2.45) is 0 Å². The summed E-state index contributed by atoms with van der Waals surface area (Å²) < 4.78 is 0. The second kappa shape index (κ2) is 11.3. The number of rotatable bonds is 6. The fourth-order valence-electron chi connectivity index (χ4n) is 6.73. The molecule has 0 nitrogen and oxygen atoms in total. The van der Waals surface area contributed by atoms with Crippen molar-refractivity contribution < 1.29 is 0 Å². The van der Waals surface area contributed by atoms with E-state index in [2.05, 4.69) is 142 Å². The van der Waals surface area contributed by atoms with Crippen molar-refractivity contribution in [1.82, 2.24) is 0 Å². The second-order valence-electron chi connectivity index (χ2n) is 12.0. The molecule has 184 valence electrons. The summed E-state index contributed by atoms with van der Waals surface area (Å²) in [5.41, 5.74) is 14.0. The molecule has 0 aliphatic carbocycles. The van der Waals surface area contributed by atoms with Gasteiger partial charge in [0.1, 0.15) is 16.1 Å². The van der Waals surface area contributed by atoms with Crippen LogP contribution in [0.4, 0.5) is 0 Å². The molecule has 0 N–H and O–H groups in total. The molecule has 0 spiro atoms. The molecule has 0 aromatic heterocycles. The van der Waals surface area contributed by atoms with Gasteiger partial charge in [-0.2, -0.15) is 0 Å². The van der Waals surface area contributed by atoms with E-state index in [-0.39, 0.29) is 0 Å². The van der Waals surface area contributed by atoms with Crippen LogP contribution in [-0.4, -0.2) is 16.1 Å². The molecule has 0 saturated heterocycles. The average Bonchev–Trinajstić information content (AvgIpc) is 2.73. The highest BCUT2D eigenvalue weighted by molar-refractivity contribution is 6.91. The Morgan fingerprint density at radius 2 is 0.706 bits per heavy atom. The van der Waals surface area contributed by atoms with E-state index in [1.54, 1.807) is 0 Å². The minimum Gasteiger partial charge on any atom is -0.125 e. The van der Waals surface area contributed by atoms with Gasteiger partial charge in [-0.05, 0) is 56.2 Å². The molecule has 0 aliphatic rings. The maximum Gasteiger partial charge on any atom is 0.146 e. The van der Waals surface area contributed by atoms with Gasteiger partial charge in [0.25, 0.3) is 0 Å². The van der Waals surface area contributed by atoms with Crippen LogP contribution >= 0.6 is 0 Å². The van der Waals surface area contributed by atoms with Gasteiger partial charge < -0.3 is 0 Å². The Hall–Kier alpha value is -1.75. The quantitative estimate of drug-likeness (QED) is 0.280. The number of fused-ring (bicyclic) bond motifs is 1. The molecule has 0 heterocycles. The summed E-state index contributed by atoms with van der Waals surface area (Å²) in [4.78, 5) is 0. The highest BCUT2D eigenvalue weighted by Crippen LogP contribution is 2.42. The number of benzene rings is 2. The Balaban J connectivity index is 2.71. The van der Waals surface area contributed by atoms with Crippen LogP contribution in [0.1, 0.15) is 94.2 Å². The summed E-state index contributed by atoms with van der Waals surface area (Å²) >= 11 is 0. The summed E-state index contributed by atoms with van der Waals surface area (Å²) in [5.74, 6) is 7.40. The van der Waals surface area contributed by atoms with Crippen LogP contribution in [0.2, 0.25) is 33.2 Å². The van der Waals surface area contributed by atoms with E-state index in [1.807, 2.05) is 0 Å². The van der Waals surface area contributed by atoms with Crippen LogP contribution in [0, 0.1) is 22.9 Å². The van der Waals surface area contributed by atoms with E-state index in [9.17, 15) is 0 Å². The summed E-state index contributed by atoms with van der Waals surface area (Å²) in [6, 6.07) is 13.2. The fraction of sp³-hybridized carbons (Fsp3) is 0.562. The van der Waals surface area contributed by atoms with Crippen LogP contribution in [0.15, 0.2) is 36.4 Å². The van der Waals surface area contributed by atoms with Crippen molar-refractivity contribution >= 4 is 26.9 Å². The van der Waals surface area contributed by atoms with Gasteiger partial charge in [-0.25, -0.2) is 0 Å². The van der Waals surface area contributed by atoms with Gasteiger partial charge in [0.15, 0.2) is 0 Å². The van der Waals surface area contributed by atoms with Crippen molar-refractivity contribution in [2.45, 2.75) is 116 Å². The van der Waals surface area contributed by atoms with E-state index in [1.165, 1.54) is 10.8 Å². The summed E-state index contributed by atoms with van der Waals surface area (Å²) in [5, 5.41) is 2.48. The Kier molecular flexibility index (Phi) is 9.49. The first kappa shape index (κ1) is 28.5. The monoisotopic (exact) mass is 488 g/mol. The zero-order valence-corrected chi connectivity index (χ0v) is 25.9. The Bertz CT molecular complexity index is 962. The normalized spacial score (nSPS) is 12.6. The average molecular weight is 489 g/mol. The molecule has 0 unspecified atom stereocenters. The van der Waals surface area contributed by atoms with Gasteiger partial charge in [-0.3, -0.25) is 0 Å². The van der Waals surface area contributed by atoms with Gasteiger partial charge in [0, 0.05) is 11.1 Å². The van der Waals surface area contributed by atoms with Crippen molar-refractivity contribution in [1.29, 1.82) is 0 Å². The van der Waals surface area contributed by atoms with Crippen LogP contribution in [0.3, 0.4) is 0 Å². The van der Waals surface area contributed by atoms with Gasteiger partial charge >= 0.3 is 0 Å².